The first kappa shape index (κ1) is 34.7. The molecule has 4 aromatic carbocycles. The molecule has 0 bridgehead atoms. The summed E-state index contributed by atoms with van der Waals surface area (Å²) in [5, 5.41) is 23.9. The van der Waals surface area contributed by atoms with E-state index >= 15 is 0 Å². The van der Waals surface area contributed by atoms with Gasteiger partial charge < -0.3 is 20.0 Å². The van der Waals surface area contributed by atoms with Crippen molar-refractivity contribution in [1.29, 1.82) is 0 Å². The van der Waals surface area contributed by atoms with Crippen molar-refractivity contribution >= 4 is 78.5 Å². The first-order valence-electron chi connectivity index (χ1n) is 17.3. The van der Waals surface area contributed by atoms with E-state index in [1.807, 2.05) is 146 Å². The summed E-state index contributed by atoms with van der Waals surface area (Å²) >= 11 is 2.83. The molecule has 1 saturated carbocycles. The van der Waals surface area contributed by atoms with Gasteiger partial charge in [-0.3, -0.25) is 9.59 Å². The zero-order valence-corrected chi connectivity index (χ0v) is 30.0. The molecule has 6 aromatic rings. The summed E-state index contributed by atoms with van der Waals surface area (Å²) in [4.78, 5) is 32.0. The van der Waals surface area contributed by atoms with Crippen molar-refractivity contribution in [3.63, 3.8) is 0 Å². The van der Waals surface area contributed by atoms with Crippen LogP contribution in [0.15, 0.2) is 158 Å². The van der Waals surface area contributed by atoms with Gasteiger partial charge in [0.15, 0.2) is 11.6 Å². The lowest BCUT2D eigenvalue weighted by atomic mass is 9.78. The van der Waals surface area contributed by atoms with E-state index in [4.69, 9.17) is 0 Å². The lowest BCUT2D eigenvalue weighted by molar-refractivity contribution is -0.123. The third-order valence-corrected chi connectivity index (χ3v) is 11.5. The molecule has 0 radical (unpaired) electrons. The molecule has 0 amide bonds. The van der Waals surface area contributed by atoms with Crippen LogP contribution in [0.4, 0.5) is 32.8 Å². The Morgan fingerprint density at radius 3 is 1.04 bits per heavy atom. The van der Waals surface area contributed by atoms with Gasteiger partial charge in [-0.2, -0.15) is 0 Å². The van der Waals surface area contributed by atoms with Crippen LogP contribution in [0, 0.1) is 11.8 Å². The van der Waals surface area contributed by atoms with Crippen LogP contribution in [0.5, 0.6) is 0 Å². The number of benzene rings is 4. The maximum atomic E-state index is 13.3. The van der Waals surface area contributed by atoms with E-state index in [9.17, 15) is 19.8 Å². The average molecular weight is 723 g/mol. The summed E-state index contributed by atoms with van der Waals surface area (Å²) in [6.07, 6.45) is 4.87. The van der Waals surface area contributed by atoms with E-state index in [-0.39, 0.29) is 34.9 Å². The molecular weight excluding hydrogens is 685 g/mol. The number of carbonyl (C=O) groups excluding carboxylic acids is 2. The van der Waals surface area contributed by atoms with Crippen LogP contribution in [0.1, 0.15) is 35.4 Å². The van der Waals surface area contributed by atoms with E-state index in [0.29, 0.717) is 35.4 Å². The van der Waals surface area contributed by atoms with Crippen molar-refractivity contribution in [1.82, 2.24) is 0 Å². The molecule has 0 unspecified atom stereocenters. The SMILES string of the molecule is O=C(/C=C(\O)c1ccc(N(c2ccccc2)c2ccccc2)s1)C1CCC(C(=O)/C=C(\O)c2ccc(N(c3ccccc3)c3ccccc3)s2)CC1. The van der Waals surface area contributed by atoms with Crippen LogP contribution in [0.2, 0.25) is 0 Å². The quantitative estimate of drug-likeness (QED) is 0.0967. The third kappa shape index (κ3) is 7.94. The lowest BCUT2D eigenvalue weighted by Crippen LogP contribution is -2.24. The number of aliphatic hydroxyl groups is 2. The highest BCUT2D eigenvalue weighted by atomic mass is 32.1. The van der Waals surface area contributed by atoms with Gasteiger partial charge >= 0.3 is 0 Å². The second-order valence-corrected chi connectivity index (χ2v) is 14.8. The van der Waals surface area contributed by atoms with Crippen LogP contribution in [-0.2, 0) is 9.59 Å². The molecule has 1 aliphatic rings. The number of para-hydroxylation sites is 4. The second-order valence-electron chi connectivity index (χ2n) is 12.7. The molecule has 8 heteroatoms. The van der Waals surface area contributed by atoms with Crippen molar-refractivity contribution in [2.75, 3.05) is 9.80 Å². The number of aliphatic hydroxyl groups excluding tert-OH is 2. The fraction of sp³-hybridized carbons (Fsp3) is 0.136. The zero-order chi connectivity index (χ0) is 35.9. The van der Waals surface area contributed by atoms with Gasteiger partial charge in [0.2, 0.25) is 0 Å². The number of carbonyl (C=O) groups is 2. The third-order valence-electron chi connectivity index (χ3n) is 9.28. The molecule has 0 atom stereocenters. The highest BCUT2D eigenvalue weighted by molar-refractivity contribution is 7.17. The van der Waals surface area contributed by atoms with Crippen molar-refractivity contribution in [2.45, 2.75) is 25.7 Å². The largest absolute Gasteiger partial charge is 0.506 e. The molecule has 1 aliphatic carbocycles. The molecule has 260 valence electrons. The summed E-state index contributed by atoms with van der Waals surface area (Å²) in [6.45, 7) is 0. The van der Waals surface area contributed by atoms with Crippen molar-refractivity contribution in [3.05, 3.63) is 167 Å². The normalized spacial score (nSPS) is 16.3. The Kier molecular flexibility index (Phi) is 10.8. The molecule has 0 spiro atoms. The van der Waals surface area contributed by atoms with Gasteiger partial charge in [0, 0.05) is 46.7 Å². The number of allylic oxidation sites excluding steroid dienone is 2. The number of ketones is 2. The number of nitrogens with zero attached hydrogens (tertiary/aromatic N) is 2. The topological polar surface area (TPSA) is 81.1 Å². The Bertz CT molecular complexity index is 1930. The molecule has 2 heterocycles. The van der Waals surface area contributed by atoms with Crippen LogP contribution in [0.3, 0.4) is 0 Å². The standard InChI is InChI=1S/C44H38N2O4S2/c47-37(29-39(49)41-25-27-43(51-41)45(33-13-5-1-6-14-33)34-15-7-2-8-16-34)31-21-23-32(24-22-31)38(48)30-40(50)42-26-28-44(52-42)46(35-17-9-3-10-18-35)36-19-11-4-12-20-36/h1-20,25-32,49-50H,21-24H2/b39-29-,40-30-. The Morgan fingerprint density at radius 2 is 0.750 bits per heavy atom. The molecule has 1 fully saturated rings. The summed E-state index contributed by atoms with van der Waals surface area (Å²) in [7, 11) is 0. The van der Waals surface area contributed by atoms with Crippen LogP contribution in [-0.4, -0.2) is 21.8 Å². The number of thiophene rings is 2. The minimum atomic E-state index is -0.268. The van der Waals surface area contributed by atoms with Gasteiger partial charge in [-0.15, -0.1) is 22.7 Å². The molecule has 0 saturated heterocycles. The van der Waals surface area contributed by atoms with Gasteiger partial charge in [-0.25, -0.2) is 0 Å². The Labute approximate surface area is 311 Å². The van der Waals surface area contributed by atoms with E-state index in [1.54, 1.807) is 0 Å². The van der Waals surface area contributed by atoms with Gasteiger partial charge in [0.25, 0.3) is 0 Å². The van der Waals surface area contributed by atoms with Gasteiger partial charge in [0.1, 0.15) is 21.5 Å². The van der Waals surface area contributed by atoms with Gasteiger partial charge in [-0.05, 0) is 98.5 Å². The predicted octanol–water partition coefficient (Wildman–Crippen LogP) is 12.2. The maximum Gasteiger partial charge on any atom is 0.162 e. The Morgan fingerprint density at radius 1 is 0.462 bits per heavy atom. The fourth-order valence-electron chi connectivity index (χ4n) is 6.60. The molecule has 2 N–H and O–H groups in total. The molecular formula is C44H38N2O4S2. The van der Waals surface area contributed by atoms with Crippen molar-refractivity contribution in [2.24, 2.45) is 11.8 Å². The van der Waals surface area contributed by atoms with E-state index in [1.165, 1.54) is 34.8 Å². The summed E-state index contributed by atoms with van der Waals surface area (Å²) in [5.74, 6) is -0.909. The molecule has 52 heavy (non-hydrogen) atoms. The van der Waals surface area contributed by atoms with Crippen molar-refractivity contribution < 1.29 is 19.8 Å². The lowest BCUT2D eigenvalue weighted by Gasteiger charge is -2.25. The first-order valence-corrected chi connectivity index (χ1v) is 19.0. The summed E-state index contributed by atoms with van der Waals surface area (Å²) < 4.78 is 0. The molecule has 7 rings (SSSR count). The smallest absolute Gasteiger partial charge is 0.162 e. The average Bonchev–Trinajstić information content (AvgIpc) is 3.88. The highest BCUT2D eigenvalue weighted by Crippen LogP contribution is 2.42. The minimum Gasteiger partial charge on any atom is -0.506 e. The van der Waals surface area contributed by atoms with Crippen LogP contribution >= 0.6 is 22.7 Å². The first-order chi connectivity index (χ1) is 25.4. The number of rotatable bonds is 12. The molecule has 0 aliphatic heterocycles. The Hall–Kier alpha value is -5.70. The molecule has 6 nitrogen and oxygen atoms in total. The molecule has 2 aromatic heterocycles. The minimum absolute atomic E-state index is 0.0539. The summed E-state index contributed by atoms with van der Waals surface area (Å²) in [6, 6.07) is 47.7. The zero-order valence-electron chi connectivity index (χ0n) is 28.4. The van der Waals surface area contributed by atoms with E-state index in [0.717, 1.165) is 32.8 Å². The van der Waals surface area contributed by atoms with E-state index in [2.05, 4.69) is 9.80 Å². The van der Waals surface area contributed by atoms with Crippen LogP contribution < -0.4 is 9.80 Å². The summed E-state index contributed by atoms with van der Waals surface area (Å²) in [5.41, 5.74) is 3.98. The number of anilines is 6. The Balaban J connectivity index is 0.983. The maximum absolute atomic E-state index is 13.3. The monoisotopic (exact) mass is 722 g/mol. The van der Waals surface area contributed by atoms with Gasteiger partial charge in [-0.1, -0.05) is 72.8 Å². The van der Waals surface area contributed by atoms with E-state index < -0.39 is 0 Å². The number of hydrogen-bond acceptors (Lipinski definition) is 8. The highest BCUT2D eigenvalue weighted by Gasteiger charge is 2.29. The fourth-order valence-corrected chi connectivity index (χ4v) is 8.52. The van der Waals surface area contributed by atoms with Crippen molar-refractivity contribution in [3.8, 4) is 0 Å². The van der Waals surface area contributed by atoms with Gasteiger partial charge in [0.05, 0.1) is 9.75 Å². The number of hydrogen-bond donors (Lipinski definition) is 2. The second kappa shape index (κ2) is 16.1. The van der Waals surface area contributed by atoms with Crippen LogP contribution in [0.25, 0.3) is 11.5 Å². The predicted molar refractivity (Wildman–Crippen MR) is 215 cm³/mol.